The van der Waals surface area contributed by atoms with E-state index in [1.54, 1.807) is 0 Å². The van der Waals surface area contributed by atoms with Crippen LogP contribution in [0.1, 0.15) is 12.8 Å². The van der Waals surface area contributed by atoms with Crippen molar-refractivity contribution in [3.8, 4) is 0 Å². The molecule has 1 rings (SSSR count). The van der Waals surface area contributed by atoms with Crippen molar-refractivity contribution in [1.29, 1.82) is 0 Å². The van der Waals surface area contributed by atoms with Gasteiger partial charge in [-0.05, 0) is 6.42 Å². The van der Waals surface area contributed by atoms with E-state index >= 15 is 0 Å². The minimum Gasteiger partial charge on any atom is -0.480 e. The van der Waals surface area contributed by atoms with Gasteiger partial charge in [0.25, 0.3) is 0 Å². The molecule has 1 aliphatic rings. The summed E-state index contributed by atoms with van der Waals surface area (Å²) < 4.78 is 0. The fraction of sp³-hybridized carbons (Fsp3) is 0.600. The number of rotatable bonds is 5. The third-order valence-electron chi connectivity index (χ3n) is 2.50. The van der Waals surface area contributed by atoms with Crippen LogP contribution in [0, 0.1) is 5.92 Å². The third-order valence-corrected chi connectivity index (χ3v) is 2.50. The summed E-state index contributed by atoms with van der Waals surface area (Å²) in [7, 11) is 0. The van der Waals surface area contributed by atoms with Gasteiger partial charge in [-0.1, -0.05) is 0 Å². The van der Waals surface area contributed by atoms with Crippen LogP contribution in [0.25, 0.3) is 0 Å². The lowest BCUT2D eigenvalue weighted by Gasteiger charge is -2.21. The van der Waals surface area contributed by atoms with E-state index in [1.807, 2.05) is 0 Å². The van der Waals surface area contributed by atoms with Gasteiger partial charge < -0.3 is 21.1 Å². The van der Waals surface area contributed by atoms with E-state index in [9.17, 15) is 19.2 Å². The summed E-state index contributed by atoms with van der Waals surface area (Å²) in [5, 5.41) is 15.4. The van der Waals surface area contributed by atoms with E-state index in [-0.39, 0.29) is 30.8 Å². The fourth-order valence-corrected chi connectivity index (χ4v) is 1.51. The summed E-state index contributed by atoms with van der Waals surface area (Å²) in [6, 6.07) is 0. The standard InChI is InChI=1S/C10H15N3O5/c14-7-2-1-6(3-11-7)10(18)13-4-8(15)12-5-9(16)17/h6H,1-5H2,(H,11,14)(H,12,15)(H,13,18)(H,16,17). The van der Waals surface area contributed by atoms with Crippen molar-refractivity contribution >= 4 is 23.7 Å². The Kier molecular flexibility index (Phi) is 5.09. The number of nitrogens with one attached hydrogen (secondary N) is 3. The molecule has 8 heteroatoms. The number of carboxylic acids is 1. The Morgan fingerprint density at radius 2 is 2.00 bits per heavy atom. The van der Waals surface area contributed by atoms with Gasteiger partial charge in [0.2, 0.25) is 17.7 Å². The van der Waals surface area contributed by atoms with Gasteiger partial charge in [0.15, 0.2) is 0 Å². The molecular formula is C10H15N3O5. The second-order valence-corrected chi connectivity index (χ2v) is 3.93. The highest BCUT2D eigenvalue weighted by Crippen LogP contribution is 2.10. The van der Waals surface area contributed by atoms with Crippen molar-refractivity contribution in [3.05, 3.63) is 0 Å². The Bertz CT molecular complexity index is 359. The second-order valence-electron chi connectivity index (χ2n) is 3.93. The Hall–Kier alpha value is -2.12. The van der Waals surface area contributed by atoms with E-state index in [1.165, 1.54) is 0 Å². The smallest absolute Gasteiger partial charge is 0.322 e. The van der Waals surface area contributed by atoms with Crippen molar-refractivity contribution in [2.75, 3.05) is 19.6 Å². The normalized spacial score (nSPS) is 18.7. The molecule has 1 fully saturated rings. The van der Waals surface area contributed by atoms with E-state index in [0.29, 0.717) is 12.8 Å². The molecule has 1 unspecified atom stereocenters. The Balaban J connectivity index is 2.22. The zero-order chi connectivity index (χ0) is 13.5. The maximum absolute atomic E-state index is 11.6. The van der Waals surface area contributed by atoms with Crippen LogP contribution in [0.3, 0.4) is 0 Å². The zero-order valence-electron chi connectivity index (χ0n) is 9.69. The topological polar surface area (TPSA) is 125 Å². The number of hydrogen-bond acceptors (Lipinski definition) is 4. The predicted octanol–water partition coefficient (Wildman–Crippen LogP) is -2.17. The van der Waals surface area contributed by atoms with E-state index in [0.717, 1.165) is 0 Å². The highest BCUT2D eigenvalue weighted by Gasteiger charge is 2.24. The highest BCUT2D eigenvalue weighted by atomic mass is 16.4. The molecule has 0 aromatic heterocycles. The zero-order valence-corrected chi connectivity index (χ0v) is 9.69. The molecule has 0 radical (unpaired) electrons. The molecule has 0 bridgehead atoms. The first-order valence-corrected chi connectivity index (χ1v) is 5.52. The van der Waals surface area contributed by atoms with E-state index < -0.39 is 18.4 Å². The fourth-order valence-electron chi connectivity index (χ4n) is 1.51. The van der Waals surface area contributed by atoms with Crippen LogP contribution >= 0.6 is 0 Å². The number of carboxylic acid groups (broad SMARTS) is 1. The van der Waals surface area contributed by atoms with Crippen molar-refractivity contribution in [1.82, 2.24) is 16.0 Å². The van der Waals surface area contributed by atoms with Gasteiger partial charge in [0.1, 0.15) is 6.54 Å². The molecule has 8 nitrogen and oxygen atoms in total. The van der Waals surface area contributed by atoms with Gasteiger partial charge >= 0.3 is 5.97 Å². The minimum absolute atomic E-state index is 0.0850. The molecule has 0 aromatic rings. The summed E-state index contributed by atoms with van der Waals surface area (Å²) >= 11 is 0. The van der Waals surface area contributed by atoms with Gasteiger partial charge in [-0.2, -0.15) is 0 Å². The van der Waals surface area contributed by atoms with Crippen molar-refractivity contribution in [2.45, 2.75) is 12.8 Å². The first kappa shape index (κ1) is 13.9. The number of piperidine rings is 1. The van der Waals surface area contributed by atoms with Gasteiger partial charge in [-0.15, -0.1) is 0 Å². The van der Waals surface area contributed by atoms with E-state index in [4.69, 9.17) is 5.11 Å². The number of carbonyl (C=O) groups excluding carboxylic acids is 3. The van der Waals surface area contributed by atoms with Crippen LogP contribution in [0.2, 0.25) is 0 Å². The van der Waals surface area contributed by atoms with Crippen molar-refractivity contribution < 1.29 is 24.3 Å². The highest BCUT2D eigenvalue weighted by molar-refractivity contribution is 5.88. The van der Waals surface area contributed by atoms with Crippen LogP contribution in [0.15, 0.2) is 0 Å². The average molecular weight is 257 g/mol. The largest absolute Gasteiger partial charge is 0.480 e. The Labute approximate surface area is 103 Å². The Morgan fingerprint density at radius 3 is 2.56 bits per heavy atom. The van der Waals surface area contributed by atoms with Crippen molar-refractivity contribution in [2.24, 2.45) is 5.92 Å². The molecule has 18 heavy (non-hydrogen) atoms. The summed E-state index contributed by atoms with van der Waals surface area (Å²) in [4.78, 5) is 43.8. The lowest BCUT2D eigenvalue weighted by atomic mass is 9.98. The number of aliphatic carboxylic acids is 1. The van der Waals surface area contributed by atoms with E-state index in [2.05, 4.69) is 16.0 Å². The molecule has 0 spiro atoms. The van der Waals surface area contributed by atoms with Gasteiger partial charge in [0.05, 0.1) is 12.5 Å². The van der Waals surface area contributed by atoms with Gasteiger partial charge in [-0.25, -0.2) is 0 Å². The molecule has 0 aromatic carbocycles. The van der Waals surface area contributed by atoms with Gasteiger partial charge in [-0.3, -0.25) is 19.2 Å². The van der Waals surface area contributed by atoms with Crippen molar-refractivity contribution in [3.63, 3.8) is 0 Å². The lowest BCUT2D eigenvalue weighted by Crippen LogP contribution is -2.46. The average Bonchev–Trinajstić information content (AvgIpc) is 2.34. The number of hydrogen-bond donors (Lipinski definition) is 4. The third kappa shape index (κ3) is 4.81. The molecule has 4 N–H and O–H groups in total. The molecular weight excluding hydrogens is 242 g/mol. The molecule has 1 saturated heterocycles. The predicted molar refractivity (Wildman–Crippen MR) is 59.4 cm³/mol. The summed E-state index contributed by atoms with van der Waals surface area (Å²) in [6.07, 6.45) is 0.748. The molecule has 0 aliphatic carbocycles. The molecule has 1 aliphatic heterocycles. The first-order chi connectivity index (χ1) is 8.49. The van der Waals surface area contributed by atoms with Crippen LogP contribution < -0.4 is 16.0 Å². The molecule has 100 valence electrons. The summed E-state index contributed by atoms with van der Waals surface area (Å²) in [5.74, 6) is -2.45. The van der Waals surface area contributed by atoms with Gasteiger partial charge in [0, 0.05) is 13.0 Å². The first-order valence-electron chi connectivity index (χ1n) is 5.52. The monoisotopic (exact) mass is 257 g/mol. The quantitative estimate of drug-likeness (QED) is 0.446. The summed E-state index contributed by atoms with van der Waals surface area (Å²) in [5.41, 5.74) is 0. The van der Waals surface area contributed by atoms with Crippen LogP contribution in [-0.4, -0.2) is 48.4 Å². The molecule has 1 atom stereocenters. The second kappa shape index (κ2) is 6.58. The molecule has 3 amide bonds. The maximum Gasteiger partial charge on any atom is 0.322 e. The SMILES string of the molecule is O=C(O)CNC(=O)CNC(=O)C1CCC(=O)NC1. The minimum atomic E-state index is -1.15. The Morgan fingerprint density at radius 1 is 1.28 bits per heavy atom. The number of carbonyl (C=O) groups is 4. The van der Waals surface area contributed by atoms with Crippen LogP contribution in [0.5, 0.6) is 0 Å². The van der Waals surface area contributed by atoms with Crippen LogP contribution in [-0.2, 0) is 19.2 Å². The molecule has 1 heterocycles. The maximum atomic E-state index is 11.6. The number of amides is 3. The lowest BCUT2D eigenvalue weighted by molar-refractivity contribution is -0.137. The van der Waals surface area contributed by atoms with Crippen LogP contribution in [0.4, 0.5) is 0 Å². The molecule has 0 saturated carbocycles. The summed E-state index contributed by atoms with van der Waals surface area (Å²) in [6.45, 7) is -0.480.